The molecule has 0 bridgehead atoms. The van der Waals surface area contributed by atoms with Crippen LogP contribution in [0.3, 0.4) is 0 Å². The minimum Gasteiger partial charge on any atom is -0.323 e. The largest absolute Gasteiger partial charge is 0.323 e. The molecule has 24 heavy (non-hydrogen) atoms. The number of nitrogens with one attached hydrogen (secondary N) is 1. The molecule has 7 heteroatoms. The lowest BCUT2D eigenvalue weighted by Crippen LogP contribution is -2.16. The third kappa shape index (κ3) is 3.96. The highest BCUT2D eigenvalue weighted by atomic mass is 35.5. The number of amides is 1. The Hall–Kier alpha value is -2.31. The zero-order chi connectivity index (χ0) is 16.9. The fourth-order valence-electron chi connectivity index (χ4n) is 2.19. The summed E-state index contributed by atoms with van der Waals surface area (Å²) in [6.45, 7) is 2.03. The molecule has 3 aromatic rings. The van der Waals surface area contributed by atoms with E-state index in [4.69, 9.17) is 11.6 Å². The van der Waals surface area contributed by atoms with Crippen LogP contribution in [0.1, 0.15) is 5.56 Å². The van der Waals surface area contributed by atoms with Gasteiger partial charge in [0.2, 0.25) is 5.91 Å². The van der Waals surface area contributed by atoms with E-state index in [-0.39, 0.29) is 5.91 Å². The lowest BCUT2D eigenvalue weighted by atomic mass is 10.2. The summed E-state index contributed by atoms with van der Waals surface area (Å²) < 4.78 is 1.58. The van der Waals surface area contributed by atoms with Crippen molar-refractivity contribution < 1.29 is 4.79 Å². The maximum absolute atomic E-state index is 12.3. The van der Waals surface area contributed by atoms with Crippen LogP contribution in [0.5, 0.6) is 0 Å². The lowest BCUT2D eigenvalue weighted by Gasteiger charge is -2.11. The number of benzene rings is 2. The van der Waals surface area contributed by atoms with Crippen molar-refractivity contribution in [3.63, 3.8) is 0 Å². The first-order valence-corrected chi connectivity index (χ1v) is 8.62. The number of carbonyl (C=O) groups is 1. The maximum Gasteiger partial charge on any atom is 0.234 e. The van der Waals surface area contributed by atoms with Gasteiger partial charge in [0, 0.05) is 9.92 Å². The maximum atomic E-state index is 12.3. The van der Waals surface area contributed by atoms with Gasteiger partial charge in [-0.1, -0.05) is 29.8 Å². The van der Waals surface area contributed by atoms with Crippen LogP contribution in [-0.4, -0.2) is 26.4 Å². The van der Waals surface area contributed by atoms with Gasteiger partial charge in [-0.3, -0.25) is 4.79 Å². The summed E-state index contributed by atoms with van der Waals surface area (Å²) in [7, 11) is 0. The van der Waals surface area contributed by atoms with Crippen molar-refractivity contribution in [1.29, 1.82) is 0 Å². The van der Waals surface area contributed by atoms with Gasteiger partial charge in [-0.05, 0) is 36.8 Å². The van der Waals surface area contributed by atoms with Crippen molar-refractivity contribution in [2.24, 2.45) is 0 Å². The Bertz CT molecular complexity index is 852. The van der Waals surface area contributed by atoms with E-state index >= 15 is 0 Å². The molecule has 0 saturated carbocycles. The molecule has 0 aliphatic heterocycles. The van der Waals surface area contributed by atoms with E-state index in [2.05, 4.69) is 15.4 Å². The van der Waals surface area contributed by atoms with Gasteiger partial charge in [-0.25, -0.2) is 9.67 Å². The summed E-state index contributed by atoms with van der Waals surface area (Å²) in [5, 5.41) is 7.53. The van der Waals surface area contributed by atoms with Gasteiger partial charge in [-0.15, -0.1) is 11.8 Å². The number of halogens is 1. The molecule has 3 rings (SSSR count). The van der Waals surface area contributed by atoms with E-state index in [1.54, 1.807) is 29.2 Å². The molecule has 1 aromatic heterocycles. The molecule has 0 spiro atoms. The Kier molecular flexibility index (Phi) is 5.17. The van der Waals surface area contributed by atoms with E-state index in [1.165, 1.54) is 18.1 Å². The number of rotatable bonds is 5. The van der Waals surface area contributed by atoms with Gasteiger partial charge in [0.05, 0.1) is 17.1 Å². The van der Waals surface area contributed by atoms with Crippen LogP contribution >= 0.6 is 23.4 Å². The van der Waals surface area contributed by atoms with Crippen LogP contribution in [-0.2, 0) is 4.79 Å². The number of hydrogen-bond acceptors (Lipinski definition) is 4. The van der Waals surface area contributed by atoms with Crippen molar-refractivity contribution >= 4 is 35.0 Å². The fourth-order valence-corrected chi connectivity index (χ4v) is 3.19. The summed E-state index contributed by atoms with van der Waals surface area (Å²) in [4.78, 5) is 17.3. The van der Waals surface area contributed by atoms with Crippen LogP contribution in [0, 0.1) is 6.92 Å². The zero-order valence-electron chi connectivity index (χ0n) is 12.9. The third-order valence-corrected chi connectivity index (χ3v) is 4.76. The fraction of sp³-hybridized carbons (Fsp3) is 0.118. The average molecular weight is 359 g/mol. The molecule has 0 radical (unpaired) electrons. The monoisotopic (exact) mass is 358 g/mol. The topological polar surface area (TPSA) is 59.8 Å². The molecule has 0 atom stereocenters. The van der Waals surface area contributed by atoms with E-state index in [1.807, 2.05) is 31.2 Å². The Balaban J connectivity index is 1.72. The van der Waals surface area contributed by atoms with Gasteiger partial charge in [0.15, 0.2) is 0 Å². The van der Waals surface area contributed by atoms with Gasteiger partial charge in [-0.2, -0.15) is 5.10 Å². The number of nitrogens with zero attached hydrogens (tertiary/aromatic N) is 3. The number of hydrogen-bond donors (Lipinski definition) is 1. The number of aryl methyl sites for hydroxylation is 1. The van der Waals surface area contributed by atoms with Crippen LogP contribution in [0.2, 0.25) is 5.02 Å². The average Bonchev–Trinajstić information content (AvgIpc) is 3.08. The summed E-state index contributed by atoms with van der Waals surface area (Å²) in [5.41, 5.74) is 2.47. The lowest BCUT2D eigenvalue weighted by molar-refractivity contribution is -0.113. The second-order valence-corrected chi connectivity index (χ2v) is 6.56. The minimum atomic E-state index is -0.105. The molecule has 0 saturated heterocycles. The molecule has 1 N–H and O–H groups in total. The molecule has 0 aliphatic rings. The van der Waals surface area contributed by atoms with Crippen molar-refractivity contribution in [2.45, 2.75) is 11.8 Å². The molecule has 1 amide bonds. The standard InChI is InChI=1S/C17H15ClN4OS/c1-12-4-2-3-5-16(12)24-9-17(23)21-14-8-13(18)6-7-15(14)22-11-19-10-20-22/h2-8,10-11H,9H2,1H3,(H,21,23). The highest BCUT2D eigenvalue weighted by Gasteiger charge is 2.11. The molecule has 2 aromatic carbocycles. The first kappa shape index (κ1) is 16.5. The van der Waals surface area contributed by atoms with Crippen molar-refractivity contribution in [2.75, 3.05) is 11.1 Å². The summed E-state index contributed by atoms with van der Waals surface area (Å²) in [6, 6.07) is 13.2. The molecule has 0 unspecified atom stereocenters. The quantitative estimate of drug-likeness (QED) is 0.701. The Morgan fingerprint density at radius 1 is 1.29 bits per heavy atom. The molecule has 0 aliphatic carbocycles. The smallest absolute Gasteiger partial charge is 0.234 e. The predicted molar refractivity (Wildman–Crippen MR) is 96.9 cm³/mol. The molecular formula is C17H15ClN4OS. The Morgan fingerprint density at radius 3 is 2.88 bits per heavy atom. The van der Waals surface area contributed by atoms with Gasteiger partial charge in [0.1, 0.15) is 12.7 Å². The SMILES string of the molecule is Cc1ccccc1SCC(=O)Nc1cc(Cl)ccc1-n1cncn1. The zero-order valence-corrected chi connectivity index (χ0v) is 14.5. The van der Waals surface area contributed by atoms with Crippen molar-refractivity contribution in [3.05, 3.63) is 65.7 Å². The number of thioether (sulfide) groups is 1. The normalized spacial score (nSPS) is 10.6. The van der Waals surface area contributed by atoms with Gasteiger partial charge in [0.25, 0.3) is 0 Å². The second-order valence-electron chi connectivity index (χ2n) is 5.10. The van der Waals surface area contributed by atoms with Crippen LogP contribution < -0.4 is 5.32 Å². The van der Waals surface area contributed by atoms with E-state index < -0.39 is 0 Å². The van der Waals surface area contributed by atoms with E-state index in [9.17, 15) is 4.79 Å². The molecule has 122 valence electrons. The number of aromatic nitrogens is 3. The Labute approximate surface area is 149 Å². The number of carbonyl (C=O) groups excluding carboxylic acids is 1. The van der Waals surface area contributed by atoms with Crippen LogP contribution in [0.15, 0.2) is 60.0 Å². The van der Waals surface area contributed by atoms with E-state index in [0.29, 0.717) is 22.2 Å². The molecule has 0 fully saturated rings. The van der Waals surface area contributed by atoms with Crippen molar-refractivity contribution in [3.8, 4) is 5.69 Å². The summed E-state index contributed by atoms with van der Waals surface area (Å²) in [5.74, 6) is 0.209. The first-order valence-electron chi connectivity index (χ1n) is 7.26. The summed E-state index contributed by atoms with van der Waals surface area (Å²) >= 11 is 7.56. The Morgan fingerprint density at radius 2 is 2.12 bits per heavy atom. The predicted octanol–water partition coefficient (Wildman–Crippen LogP) is 3.96. The van der Waals surface area contributed by atoms with E-state index in [0.717, 1.165) is 10.5 Å². The first-order chi connectivity index (χ1) is 11.6. The third-order valence-electron chi connectivity index (χ3n) is 3.35. The molecule has 5 nitrogen and oxygen atoms in total. The van der Waals surface area contributed by atoms with Gasteiger partial charge < -0.3 is 5.32 Å². The highest BCUT2D eigenvalue weighted by Crippen LogP contribution is 2.25. The minimum absolute atomic E-state index is 0.105. The molecular weight excluding hydrogens is 344 g/mol. The van der Waals surface area contributed by atoms with Crippen molar-refractivity contribution in [1.82, 2.24) is 14.8 Å². The van der Waals surface area contributed by atoms with Gasteiger partial charge >= 0.3 is 0 Å². The summed E-state index contributed by atoms with van der Waals surface area (Å²) in [6.07, 6.45) is 3.01. The number of anilines is 1. The second kappa shape index (κ2) is 7.51. The van der Waals surface area contributed by atoms with Crippen LogP contribution in [0.4, 0.5) is 5.69 Å². The van der Waals surface area contributed by atoms with Crippen LogP contribution in [0.25, 0.3) is 5.69 Å². The highest BCUT2D eigenvalue weighted by molar-refractivity contribution is 8.00. The molecule has 1 heterocycles.